The molecule has 0 fully saturated rings. The summed E-state index contributed by atoms with van der Waals surface area (Å²) < 4.78 is 0. The highest BCUT2D eigenvalue weighted by atomic mass is 16.3. The Morgan fingerprint density at radius 2 is 1.70 bits per heavy atom. The normalized spacial score (nSPS) is 13.9. The molecule has 0 aromatic heterocycles. The molecule has 0 saturated heterocycles. The SMILES string of the molecule is CCC(N[C@@H](C)c1ccccc1C)c1ccc(O)cc1. The van der Waals surface area contributed by atoms with Gasteiger partial charge in [0.2, 0.25) is 0 Å². The van der Waals surface area contributed by atoms with E-state index in [4.69, 9.17) is 0 Å². The smallest absolute Gasteiger partial charge is 0.115 e. The third-order valence-corrected chi connectivity index (χ3v) is 3.81. The van der Waals surface area contributed by atoms with Crippen LogP contribution in [0.25, 0.3) is 0 Å². The molecule has 2 heteroatoms. The summed E-state index contributed by atoms with van der Waals surface area (Å²) in [5.41, 5.74) is 3.86. The van der Waals surface area contributed by atoms with Gasteiger partial charge in [-0.2, -0.15) is 0 Å². The van der Waals surface area contributed by atoms with Crippen LogP contribution in [0.2, 0.25) is 0 Å². The second kappa shape index (κ2) is 6.58. The van der Waals surface area contributed by atoms with Crippen LogP contribution >= 0.6 is 0 Å². The number of rotatable bonds is 5. The Bertz CT molecular complexity index is 548. The molecule has 0 radical (unpaired) electrons. The van der Waals surface area contributed by atoms with E-state index in [1.54, 1.807) is 12.1 Å². The molecule has 1 unspecified atom stereocenters. The molecule has 0 aliphatic rings. The summed E-state index contributed by atoms with van der Waals surface area (Å²) in [7, 11) is 0. The largest absolute Gasteiger partial charge is 0.508 e. The highest BCUT2D eigenvalue weighted by Gasteiger charge is 2.14. The van der Waals surface area contributed by atoms with Gasteiger partial charge in [-0.25, -0.2) is 0 Å². The molecule has 20 heavy (non-hydrogen) atoms. The number of aryl methyl sites for hydroxylation is 1. The van der Waals surface area contributed by atoms with Crippen molar-refractivity contribution >= 4 is 0 Å². The number of nitrogens with one attached hydrogen (secondary N) is 1. The summed E-state index contributed by atoms with van der Waals surface area (Å²) in [5, 5.41) is 13.1. The van der Waals surface area contributed by atoms with Gasteiger partial charge in [-0.1, -0.05) is 43.3 Å². The van der Waals surface area contributed by atoms with Crippen molar-refractivity contribution in [3.63, 3.8) is 0 Å². The van der Waals surface area contributed by atoms with Crippen LogP contribution in [0.3, 0.4) is 0 Å². The lowest BCUT2D eigenvalue weighted by Gasteiger charge is -2.24. The van der Waals surface area contributed by atoms with Crippen molar-refractivity contribution in [1.29, 1.82) is 0 Å². The standard InChI is InChI=1S/C18H23NO/c1-4-18(15-9-11-16(20)12-10-15)19-14(3)17-8-6-5-7-13(17)2/h5-12,14,18-20H,4H2,1-3H3/t14-,18?/m0/s1. The van der Waals surface area contributed by atoms with Crippen LogP contribution in [0, 0.1) is 6.92 Å². The Hall–Kier alpha value is -1.80. The zero-order valence-corrected chi connectivity index (χ0v) is 12.4. The van der Waals surface area contributed by atoms with E-state index in [1.165, 1.54) is 16.7 Å². The van der Waals surface area contributed by atoms with Gasteiger partial charge in [0.15, 0.2) is 0 Å². The molecular weight excluding hydrogens is 246 g/mol. The number of aromatic hydroxyl groups is 1. The molecule has 0 saturated carbocycles. The quantitative estimate of drug-likeness (QED) is 0.837. The van der Waals surface area contributed by atoms with Gasteiger partial charge in [0, 0.05) is 12.1 Å². The average molecular weight is 269 g/mol. The summed E-state index contributed by atoms with van der Waals surface area (Å²) in [6.07, 6.45) is 1.01. The number of hydrogen-bond donors (Lipinski definition) is 2. The lowest BCUT2D eigenvalue weighted by molar-refractivity contribution is 0.452. The molecular formula is C18H23NO. The minimum Gasteiger partial charge on any atom is -0.508 e. The van der Waals surface area contributed by atoms with Gasteiger partial charge in [-0.05, 0) is 49.1 Å². The summed E-state index contributed by atoms with van der Waals surface area (Å²) in [5.74, 6) is 0.315. The zero-order chi connectivity index (χ0) is 14.5. The fourth-order valence-corrected chi connectivity index (χ4v) is 2.62. The van der Waals surface area contributed by atoms with E-state index in [0.29, 0.717) is 17.8 Å². The second-order valence-corrected chi connectivity index (χ2v) is 5.30. The monoisotopic (exact) mass is 269 g/mol. The third-order valence-electron chi connectivity index (χ3n) is 3.81. The summed E-state index contributed by atoms with van der Waals surface area (Å²) >= 11 is 0. The van der Waals surface area contributed by atoms with Crippen LogP contribution in [0.15, 0.2) is 48.5 Å². The van der Waals surface area contributed by atoms with E-state index in [0.717, 1.165) is 6.42 Å². The van der Waals surface area contributed by atoms with Crippen molar-refractivity contribution in [3.05, 3.63) is 65.2 Å². The minimum absolute atomic E-state index is 0.296. The van der Waals surface area contributed by atoms with Gasteiger partial charge in [0.05, 0.1) is 0 Å². The molecule has 0 bridgehead atoms. The van der Waals surface area contributed by atoms with E-state index in [1.807, 2.05) is 12.1 Å². The van der Waals surface area contributed by atoms with Crippen LogP contribution in [-0.2, 0) is 0 Å². The maximum atomic E-state index is 9.39. The summed E-state index contributed by atoms with van der Waals surface area (Å²) in [4.78, 5) is 0. The first-order valence-corrected chi connectivity index (χ1v) is 7.22. The predicted octanol–water partition coefficient (Wildman–Crippen LogP) is 4.50. The third kappa shape index (κ3) is 3.40. The van der Waals surface area contributed by atoms with Crippen LogP contribution in [0.5, 0.6) is 5.75 Å². The average Bonchev–Trinajstić information content (AvgIpc) is 2.46. The van der Waals surface area contributed by atoms with Crippen molar-refractivity contribution in [2.24, 2.45) is 0 Å². The van der Waals surface area contributed by atoms with Crippen molar-refractivity contribution in [2.45, 2.75) is 39.3 Å². The lowest BCUT2D eigenvalue weighted by Crippen LogP contribution is -2.24. The van der Waals surface area contributed by atoms with E-state index < -0.39 is 0 Å². The maximum Gasteiger partial charge on any atom is 0.115 e. The first-order chi connectivity index (χ1) is 9.61. The highest BCUT2D eigenvalue weighted by molar-refractivity contribution is 5.30. The van der Waals surface area contributed by atoms with Gasteiger partial charge < -0.3 is 10.4 Å². The summed E-state index contributed by atoms with van der Waals surface area (Å²) in [6.45, 7) is 6.52. The number of phenols is 1. The van der Waals surface area contributed by atoms with E-state index in [-0.39, 0.29) is 0 Å². The highest BCUT2D eigenvalue weighted by Crippen LogP contribution is 2.25. The van der Waals surface area contributed by atoms with E-state index in [2.05, 4.69) is 50.4 Å². The first kappa shape index (κ1) is 14.6. The lowest BCUT2D eigenvalue weighted by atomic mass is 9.99. The molecule has 0 heterocycles. The Labute approximate surface area is 121 Å². The maximum absolute atomic E-state index is 9.39. The number of phenolic OH excluding ortho intramolecular Hbond substituents is 1. The topological polar surface area (TPSA) is 32.3 Å². The number of benzene rings is 2. The van der Waals surface area contributed by atoms with Crippen molar-refractivity contribution < 1.29 is 5.11 Å². The Balaban J connectivity index is 2.14. The van der Waals surface area contributed by atoms with E-state index in [9.17, 15) is 5.11 Å². The second-order valence-electron chi connectivity index (χ2n) is 5.30. The van der Waals surface area contributed by atoms with E-state index >= 15 is 0 Å². The first-order valence-electron chi connectivity index (χ1n) is 7.22. The molecule has 2 rings (SSSR count). The van der Waals surface area contributed by atoms with Crippen LogP contribution in [0.1, 0.15) is 49.0 Å². The molecule has 0 aliphatic heterocycles. The van der Waals surface area contributed by atoms with Crippen molar-refractivity contribution in [3.8, 4) is 5.75 Å². The molecule has 2 N–H and O–H groups in total. The minimum atomic E-state index is 0.296. The molecule has 2 aromatic rings. The molecule has 0 amide bonds. The van der Waals surface area contributed by atoms with Crippen LogP contribution < -0.4 is 5.32 Å². The van der Waals surface area contributed by atoms with Gasteiger partial charge in [0.1, 0.15) is 5.75 Å². The molecule has 2 nitrogen and oxygen atoms in total. The molecule has 2 atom stereocenters. The van der Waals surface area contributed by atoms with Crippen molar-refractivity contribution in [1.82, 2.24) is 5.32 Å². The van der Waals surface area contributed by atoms with Gasteiger partial charge in [-0.3, -0.25) is 0 Å². The van der Waals surface area contributed by atoms with Gasteiger partial charge in [0.25, 0.3) is 0 Å². The number of hydrogen-bond acceptors (Lipinski definition) is 2. The van der Waals surface area contributed by atoms with Crippen molar-refractivity contribution in [2.75, 3.05) is 0 Å². The van der Waals surface area contributed by atoms with Gasteiger partial charge >= 0.3 is 0 Å². The Morgan fingerprint density at radius 1 is 1.05 bits per heavy atom. The predicted molar refractivity (Wildman–Crippen MR) is 83.9 cm³/mol. The molecule has 106 valence electrons. The Morgan fingerprint density at radius 3 is 2.30 bits per heavy atom. The van der Waals surface area contributed by atoms with Gasteiger partial charge in [-0.15, -0.1) is 0 Å². The van der Waals surface area contributed by atoms with Crippen LogP contribution in [0.4, 0.5) is 0 Å². The van der Waals surface area contributed by atoms with Crippen LogP contribution in [-0.4, -0.2) is 5.11 Å². The molecule has 0 spiro atoms. The zero-order valence-electron chi connectivity index (χ0n) is 12.4. The fraction of sp³-hybridized carbons (Fsp3) is 0.333. The molecule has 2 aromatic carbocycles. The fourth-order valence-electron chi connectivity index (χ4n) is 2.62. The molecule has 0 aliphatic carbocycles. The Kier molecular flexibility index (Phi) is 4.80. The summed E-state index contributed by atoms with van der Waals surface area (Å²) in [6, 6.07) is 16.6.